The number of amides is 1. The Balaban J connectivity index is 2.14. The molecule has 0 bridgehead atoms. The Bertz CT molecular complexity index is 531. The molecule has 6 nitrogen and oxygen atoms in total. The molecule has 1 saturated heterocycles. The van der Waals surface area contributed by atoms with Crippen LogP contribution < -0.4 is 0 Å². The lowest BCUT2D eigenvalue weighted by Gasteiger charge is -2.28. The zero-order chi connectivity index (χ0) is 21.5. The van der Waals surface area contributed by atoms with Gasteiger partial charge in [0.25, 0.3) is 0 Å². The van der Waals surface area contributed by atoms with Gasteiger partial charge in [-0.3, -0.25) is 4.79 Å². The molecule has 1 unspecified atom stereocenters. The van der Waals surface area contributed by atoms with Crippen molar-refractivity contribution in [3.63, 3.8) is 0 Å². The van der Waals surface area contributed by atoms with Gasteiger partial charge in [-0.2, -0.15) is 0 Å². The molecule has 29 heavy (non-hydrogen) atoms. The second kappa shape index (κ2) is 15.1. The number of hydrogen-bond donors (Lipinski definition) is 2. The molecular weight excluding hydrogens is 370 g/mol. The lowest BCUT2D eigenvalue weighted by atomic mass is 10.0. The van der Waals surface area contributed by atoms with Gasteiger partial charge >= 0.3 is 11.9 Å². The Morgan fingerprint density at radius 1 is 0.966 bits per heavy atom. The first kappa shape index (κ1) is 25.2. The summed E-state index contributed by atoms with van der Waals surface area (Å²) >= 11 is 0. The molecule has 1 amide bonds. The van der Waals surface area contributed by atoms with Crippen LogP contribution >= 0.6 is 0 Å². The van der Waals surface area contributed by atoms with E-state index in [2.05, 4.69) is 19.1 Å². The minimum atomic E-state index is -1.12. The van der Waals surface area contributed by atoms with Crippen LogP contribution in [0.2, 0.25) is 0 Å². The van der Waals surface area contributed by atoms with Crippen LogP contribution in [0.25, 0.3) is 0 Å². The third-order valence-corrected chi connectivity index (χ3v) is 5.65. The molecule has 166 valence electrons. The number of allylic oxidation sites excluding steroid dienone is 2. The third kappa shape index (κ3) is 9.95. The molecule has 0 aromatic heterocycles. The van der Waals surface area contributed by atoms with Crippen molar-refractivity contribution in [2.45, 2.75) is 115 Å². The van der Waals surface area contributed by atoms with Gasteiger partial charge in [-0.05, 0) is 38.5 Å². The molecular formula is C23H39NO5. The van der Waals surface area contributed by atoms with Crippen LogP contribution in [0.15, 0.2) is 12.2 Å². The number of carbonyl (C=O) groups is 3. The summed E-state index contributed by atoms with van der Waals surface area (Å²) in [6, 6.07) is -2.02. The average molecular weight is 410 g/mol. The summed E-state index contributed by atoms with van der Waals surface area (Å²) in [6.45, 7) is 2.23. The Labute approximate surface area is 175 Å². The number of carboxylic acid groups (broad SMARTS) is 2. The molecule has 2 N–H and O–H groups in total. The molecule has 1 aliphatic rings. The van der Waals surface area contributed by atoms with Gasteiger partial charge in [-0.25, -0.2) is 9.59 Å². The van der Waals surface area contributed by atoms with E-state index in [1.165, 1.54) is 38.5 Å². The van der Waals surface area contributed by atoms with Crippen molar-refractivity contribution in [3.05, 3.63) is 12.2 Å². The molecule has 0 radical (unpaired) electrons. The first-order valence-corrected chi connectivity index (χ1v) is 11.4. The second-order valence-corrected chi connectivity index (χ2v) is 8.07. The molecule has 1 aliphatic heterocycles. The number of aliphatic carboxylic acids is 2. The maximum absolute atomic E-state index is 12.0. The van der Waals surface area contributed by atoms with E-state index in [9.17, 15) is 24.6 Å². The number of rotatable bonds is 17. The van der Waals surface area contributed by atoms with Gasteiger partial charge in [0.2, 0.25) is 5.91 Å². The van der Waals surface area contributed by atoms with E-state index in [1.807, 2.05) is 0 Å². The summed E-state index contributed by atoms with van der Waals surface area (Å²) < 4.78 is 0. The van der Waals surface area contributed by atoms with E-state index >= 15 is 0 Å². The SMILES string of the molecule is CCCCCCCCC=CCCCCCCC(C(=O)O)N1C(=O)CC[C@H]1C(=O)O. The van der Waals surface area contributed by atoms with Gasteiger partial charge in [0.1, 0.15) is 12.1 Å². The van der Waals surface area contributed by atoms with Crippen LogP contribution in [0.1, 0.15) is 103 Å². The quantitative estimate of drug-likeness (QED) is 0.255. The van der Waals surface area contributed by atoms with Gasteiger partial charge in [0, 0.05) is 6.42 Å². The Kier molecular flexibility index (Phi) is 13.1. The summed E-state index contributed by atoms with van der Waals surface area (Å²) in [5.41, 5.74) is 0. The highest BCUT2D eigenvalue weighted by Crippen LogP contribution is 2.25. The first-order chi connectivity index (χ1) is 14.0. The standard InChI is InChI=1S/C23H39NO5/c1-2-3-4-5-6-7-8-9-10-11-12-13-14-15-16-19(22(26)27)24-20(23(28)29)17-18-21(24)25/h9-10,19-20H,2-8,11-18H2,1H3,(H,26,27)(H,28,29)/t19?,20-/m0/s1. The van der Waals surface area contributed by atoms with Gasteiger partial charge in [0.15, 0.2) is 0 Å². The number of carboxylic acids is 2. The van der Waals surface area contributed by atoms with Crippen LogP contribution in [0.3, 0.4) is 0 Å². The minimum absolute atomic E-state index is 0.117. The lowest BCUT2D eigenvalue weighted by molar-refractivity contribution is -0.155. The van der Waals surface area contributed by atoms with Crippen LogP contribution in [-0.2, 0) is 14.4 Å². The number of nitrogens with zero attached hydrogens (tertiary/aromatic N) is 1. The molecule has 0 saturated carbocycles. The predicted molar refractivity (Wildman–Crippen MR) is 114 cm³/mol. The molecule has 0 spiro atoms. The summed E-state index contributed by atoms with van der Waals surface area (Å²) in [5, 5.41) is 18.7. The highest BCUT2D eigenvalue weighted by molar-refractivity contribution is 5.91. The number of likely N-dealkylation sites (tertiary alicyclic amines) is 1. The van der Waals surface area contributed by atoms with E-state index < -0.39 is 24.0 Å². The van der Waals surface area contributed by atoms with Crippen molar-refractivity contribution >= 4 is 17.8 Å². The highest BCUT2D eigenvalue weighted by Gasteiger charge is 2.42. The van der Waals surface area contributed by atoms with Gasteiger partial charge in [-0.15, -0.1) is 0 Å². The lowest BCUT2D eigenvalue weighted by Crippen LogP contribution is -2.49. The van der Waals surface area contributed by atoms with Crippen LogP contribution in [0.5, 0.6) is 0 Å². The number of carbonyl (C=O) groups excluding carboxylic acids is 1. The Morgan fingerprint density at radius 3 is 2.07 bits per heavy atom. The van der Waals surface area contributed by atoms with Gasteiger partial charge in [0.05, 0.1) is 0 Å². The fourth-order valence-electron chi connectivity index (χ4n) is 3.95. The van der Waals surface area contributed by atoms with Gasteiger partial charge < -0.3 is 15.1 Å². The van der Waals surface area contributed by atoms with Crippen molar-refractivity contribution in [3.8, 4) is 0 Å². The normalized spacial score (nSPS) is 17.9. The molecule has 0 aromatic carbocycles. The van der Waals surface area contributed by atoms with E-state index in [-0.39, 0.29) is 18.7 Å². The largest absolute Gasteiger partial charge is 0.480 e. The molecule has 6 heteroatoms. The van der Waals surface area contributed by atoms with Crippen molar-refractivity contribution in [1.29, 1.82) is 0 Å². The fourth-order valence-corrected chi connectivity index (χ4v) is 3.95. The van der Waals surface area contributed by atoms with Crippen molar-refractivity contribution in [2.75, 3.05) is 0 Å². The molecule has 2 atom stereocenters. The zero-order valence-electron chi connectivity index (χ0n) is 18.0. The maximum atomic E-state index is 12.0. The number of hydrogen-bond acceptors (Lipinski definition) is 3. The monoisotopic (exact) mass is 409 g/mol. The maximum Gasteiger partial charge on any atom is 0.326 e. The van der Waals surface area contributed by atoms with Crippen LogP contribution in [-0.4, -0.2) is 45.0 Å². The molecule has 1 heterocycles. The summed E-state index contributed by atoms with van der Waals surface area (Å²) in [7, 11) is 0. The molecule has 0 aromatic rings. The first-order valence-electron chi connectivity index (χ1n) is 11.4. The van der Waals surface area contributed by atoms with E-state index in [1.54, 1.807) is 0 Å². The minimum Gasteiger partial charge on any atom is -0.480 e. The fraction of sp³-hybridized carbons (Fsp3) is 0.783. The summed E-state index contributed by atoms with van der Waals surface area (Å²) in [4.78, 5) is 35.9. The molecule has 1 fully saturated rings. The topological polar surface area (TPSA) is 94.9 Å². The van der Waals surface area contributed by atoms with Crippen LogP contribution in [0.4, 0.5) is 0 Å². The number of unbranched alkanes of at least 4 members (excludes halogenated alkanes) is 10. The highest BCUT2D eigenvalue weighted by atomic mass is 16.4. The van der Waals surface area contributed by atoms with Crippen molar-refractivity contribution < 1.29 is 24.6 Å². The van der Waals surface area contributed by atoms with E-state index in [0.717, 1.165) is 37.0 Å². The average Bonchev–Trinajstić information content (AvgIpc) is 3.06. The third-order valence-electron chi connectivity index (χ3n) is 5.65. The Morgan fingerprint density at radius 2 is 1.52 bits per heavy atom. The van der Waals surface area contributed by atoms with E-state index in [4.69, 9.17) is 0 Å². The van der Waals surface area contributed by atoms with Crippen LogP contribution in [0, 0.1) is 0 Å². The molecule has 1 rings (SSSR count). The van der Waals surface area contributed by atoms with Crippen molar-refractivity contribution in [1.82, 2.24) is 4.90 Å². The molecule has 0 aliphatic carbocycles. The summed E-state index contributed by atoms with van der Waals surface area (Å²) in [5.74, 6) is -2.58. The van der Waals surface area contributed by atoms with Gasteiger partial charge in [-0.1, -0.05) is 70.4 Å². The smallest absolute Gasteiger partial charge is 0.326 e. The van der Waals surface area contributed by atoms with Crippen molar-refractivity contribution in [2.24, 2.45) is 0 Å². The predicted octanol–water partition coefficient (Wildman–Crippen LogP) is 5.16. The summed E-state index contributed by atoms with van der Waals surface area (Å²) in [6.07, 6.45) is 18.9. The second-order valence-electron chi connectivity index (χ2n) is 8.07. The van der Waals surface area contributed by atoms with E-state index in [0.29, 0.717) is 12.8 Å². The Hall–Kier alpha value is -1.85. The zero-order valence-corrected chi connectivity index (χ0v) is 18.0.